The zero-order valence-corrected chi connectivity index (χ0v) is 21.9. The molecule has 6 nitrogen and oxygen atoms in total. The van der Waals surface area contributed by atoms with E-state index in [0.717, 1.165) is 43.4 Å². The number of carbonyl (C=O) groups is 1. The molecule has 1 aromatic heterocycles. The number of nitrogens with one attached hydrogen (secondary N) is 3. The highest BCUT2D eigenvalue weighted by atomic mass is 32.2. The van der Waals surface area contributed by atoms with E-state index in [1.165, 1.54) is 18.9 Å². The minimum atomic E-state index is -0.986. The monoisotopic (exact) mass is 490 g/mol. The van der Waals surface area contributed by atoms with E-state index in [1.807, 2.05) is 19.2 Å². The standard InChI is InChI=1S/C20H24FN3OS.C4H11N.C2H4O/c1-3-12(2)13-4-5-14(8-13)18-9-19(24-23-18)22-17-7-6-15-10-26(25)11-16(15)20(17)21;1-3-4-5-2;1-2-3/h4,6-7,9,12,14H,3,5,8,10-11H2,1-2H3,(H2,22,23,24);5H,3-4H2,1-2H3;2H,1H3. The summed E-state index contributed by atoms with van der Waals surface area (Å²) >= 11 is 0. The maximum atomic E-state index is 14.7. The van der Waals surface area contributed by atoms with E-state index in [9.17, 15) is 8.60 Å². The molecule has 3 atom stereocenters. The van der Waals surface area contributed by atoms with Crippen molar-refractivity contribution in [2.45, 2.75) is 70.8 Å². The Morgan fingerprint density at radius 2 is 2.06 bits per heavy atom. The molecule has 0 bridgehead atoms. The first-order valence-electron chi connectivity index (χ1n) is 12.1. The molecule has 0 fully saturated rings. The van der Waals surface area contributed by atoms with Crippen LogP contribution in [0.25, 0.3) is 0 Å². The van der Waals surface area contributed by atoms with E-state index in [1.54, 1.807) is 6.07 Å². The first-order valence-corrected chi connectivity index (χ1v) is 13.6. The van der Waals surface area contributed by atoms with Crippen molar-refractivity contribution in [3.8, 4) is 0 Å². The number of carbonyl (C=O) groups excluding carboxylic acids is 1. The van der Waals surface area contributed by atoms with E-state index >= 15 is 0 Å². The van der Waals surface area contributed by atoms with Crippen LogP contribution in [0.2, 0.25) is 0 Å². The molecule has 0 saturated heterocycles. The third-order valence-electron chi connectivity index (χ3n) is 6.15. The van der Waals surface area contributed by atoms with Gasteiger partial charge >= 0.3 is 0 Å². The van der Waals surface area contributed by atoms with E-state index in [4.69, 9.17) is 4.79 Å². The van der Waals surface area contributed by atoms with Crippen molar-refractivity contribution in [2.24, 2.45) is 5.92 Å². The van der Waals surface area contributed by atoms with Crippen LogP contribution < -0.4 is 10.6 Å². The van der Waals surface area contributed by atoms with Crippen molar-refractivity contribution in [3.63, 3.8) is 0 Å². The molecule has 34 heavy (non-hydrogen) atoms. The molecular weight excluding hydrogens is 451 g/mol. The van der Waals surface area contributed by atoms with Crippen molar-refractivity contribution in [3.05, 3.63) is 52.5 Å². The number of aromatic amines is 1. The molecule has 1 aromatic carbocycles. The molecule has 2 aliphatic rings. The van der Waals surface area contributed by atoms with Crippen LogP contribution in [0.5, 0.6) is 0 Å². The highest BCUT2D eigenvalue weighted by Crippen LogP contribution is 2.38. The van der Waals surface area contributed by atoms with Crippen LogP contribution in [-0.4, -0.2) is 34.3 Å². The van der Waals surface area contributed by atoms with Crippen molar-refractivity contribution in [1.29, 1.82) is 0 Å². The van der Waals surface area contributed by atoms with E-state index in [-0.39, 0.29) is 5.82 Å². The zero-order chi connectivity index (χ0) is 25.1. The smallest absolute Gasteiger partial charge is 0.152 e. The molecule has 1 aliphatic heterocycles. The molecule has 3 unspecified atom stereocenters. The largest absolute Gasteiger partial charge is 0.336 e. The van der Waals surface area contributed by atoms with Crippen LogP contribution in [0.3, 0.4) is 0 Å². The molecule has 4 rings (SSSR count). The maximum Gasteiger partial charge on any atom is 0.152 e. The number of hydrogen-bond donors (Lipinski definition) is 3. The molecule has 0 saturated carbocycles. The lowest BCUT2D eigenvalue weighted by atomic mass is 9.94. The number of allylic oxidation sites excluding steroid dienone is 2. The lowest BCUT2D eigenvalue weighted by Gasteiger charge is -2.12. The number of rotatable bonds is 7. The zero-order valence-electron chi connectivity index (χ0n) is 21.0. The van der Waals surface area contributed by atoms with Crippen molar-refractivity contribution in [2.75, 3.05) is 18.9 Å². The van der Waals surface area contributed by atoms with Crippen LogP contribution in [0.1, 0.15) is 76.1 Å². The molecule has 0 spiro atoms. The Hall–Kier alpha value is -2.32. The number of hydrogen-bond acceptors (Lipinski definition) is 5. The van der Waals surface area contributed by atoms with Gasteiger partial charge in [-0.25, -0.2) is 4.39 Å². The van der Waals surface area contributed by atoms with Gasteiger partial charge in [0.2, 0.25) is 0 Å². The van der Waals surface area contributed by atoms with Gasteiger partial charge in [-0.2, -0.15) is 5.10 Å². The first kappa shape index (κ1) is 27.9. The van der Waals surface area contributed by atoms with E-state index < -0.39 is 10.8 Å². The Bertz CT molecular complexity index is 987. The molecule has 188 valence electrons. The van der Waals surface area contributed by atoms with Gasteiger partial charge < -0.3 is 15.4 Å². The number of halogens is 1. The van der Waals surface area contributed by atoms with Gasteiger partial charge in [-0.3, -0.25) is 9.31 Å². The minimum Gasteiger partial charge on any atom is -0.336 e. The summed E-state index contributed by atoms with van der Waals surface area (Å²) < 4.78 is 26.3. The van der Waals surface area contributed by atoms with Crippen molar-refractivity contribution >= 4 is 28.6 Å². The Morgan fingerprint density at radius 3 is 2.68 bits per heavy atom. The number of aromatic nitrogens is 2. The summed E-state index contributed by atoms with van der Waals surface area (Å²) in [4.78, 5) is 8.81. The fourth-order valence-corrected chi connectivity index (χ4v) is 5.43. The van der Waals surface area contributed by atoms with Crippen LogP contribution in [0.15, 0.2) is 29.8 Å². The summed E-state index contributed by atoms with van der Waals surface area (Å²) in [7, 11) is 0.976. The predicted octanol–water partition coefficient (Wildman–Crippen LogP) is 5.73. The normalized spacial score (nSPS) is 19.2. The number of aldehydes is 1. The predicted molar refractivity (Wildman–Crippen MR) is 139 cm³/mol. The Kier molecular flexibility index (Phi) is 11.6. The molecule has 3 N–H and O–H groups in total. The summed E-state index contributed by atoms with van der Waals surface area (Å²) in [6, 6.07) is 5.55. The lowest BCUT2D eigenvalue weighted by Crippen LogP contribution is -2.04. The number of benzene rings is 1. The van der Waals surface area contributed by atoms with Gasteiger partial charge in [0.05, 0.1) is 11.4 Å². The van der Waals surface area contributed by atoms with Crippen LogP contribution >= 0.6 is 0 Å². The van der Waals surface area contributed by atoms with Gasteiger partial charge in [0.25, 0.3) is 0 Å². The van der Waals surface area contributed by atoms with E-state index in [2.05, 4.69) is 47.7 Å². The highest BCUT2D eigenvalue weighted by molar-refractivity contribution is 7.83. The summed E-state index contributed by atoms with van der Waals surface area (Å²) in [6.07, 6.45) is 7.59. The third-order valence-corrected chi connectivity index (χ3v) is 7.40. The molecule has 8 heteroatoms. The van der Waals surface area contributed by atoms with Gasteiger partial charge in [-0.05, 0) is 63.7 Å². The Labute approximate surface area is 205 Å². The van der Waals surface area contributed by atoms with Gasteiger partial charge in [0.1, 0.15) is 6.29 Å². The SMILES string of the molecule is CC=O.CCC(C)C1=CCC(c2cc(Nc3ccc4c(c3F)CS(=O)C4)n[nH]2)C1.CCCNC. The second kappa shape index (κ2) is 14.2. The van der Waals surface area contributed by atoms with Crippen molar-refractivity contribution < 1.29 is 13.4 Å². The second-order valence-corrected chi connectivity index (χ2v) is 10.1. The lowest BCUT2D eigenvalue weighted by molar-refractivity contribution is -0.106. The van der Waals surface area contributed by atoms with Gasteiger partial charge in [0, 0.05) is 39.8 Å². The minimum absolute atomic E-state index is 0.300. The topological polar surface area (TPSA) is 86.9 Å². The fraction of sp³-hybridized carbons (Fsp3) is 0.538. The van der Waals surface area contributed by atoms with Gasteiger partial charge in [-0.1, -0.05) is 38.5 Å². The van der Waals surface area contributed by atoms with Gasteiger partial charge in [0.15, 0.2) is 11.6 Å². The first-order chi connectivity index (χ1) is 16.4. The number of fused-ring (bicyclic) bond motifs is 1. The quantitative estimate of drug-likeness (QED) is 0.341. The Morgan fingerprint density at radius 1 is 1.32 bits per heavy atom. The van der Waals surface area contributed by atoms with Crippen LogP contribution in [0.4, 0.5) is 15.9 Å². The molecule has 0 radical (unpaired) electrons. The summed E-state index contributed by atoms with van der Waals surface area (Å²) in [6.45, 7) is 9.23. The highest BCUT2D eigenvalue weighted by Gasteiger charge is 2.25. The van der Waals surface area contributed by atoms with Crippen molar-refractivity contribution in [1.82, 2.24) is 15.5 Å². The van der Waals surface area contributed by atoms with Crippen LogP contribution in [-0.2, 0) is 27.1 Å². The molecule has 2 heterocycles. The third kappa shape index (κ3) is 7.60. The number of nitrogens with zero attached hydrogens (tertiary/aromatic N) is 1. The second-order valence-electron chi connectivity index (χ2n) is 8.69. The molecule has 1 aliphatic carbocycles. The fourth-order valence-electron chi connectivity index (χ4n) is 4.08. The maximum absolute atomic E-state index is 14.7. The summed E-state index contributed by atoms with van der Waals surface area (Å²) in [5.41, 5.74) is 4.43. The van der Waals surface area contributed by atoms with E-state index in [0.29, 0.717) is 40.4 Å². The van der Waals surface area contributed by atoms with Gasteiger partial charge in [-0.15, -0.1) is 0 Å². The average Bonchev–Trinajstić information content (AvgIpc) is 3.56. The number of anilines is 2. The summed E-state index contributed by atoms with van der Waals surface area (Å²) in [5, 5.41) is 13.5. The summed E-state index contributed by atoms with van der Waals surface area (Å²) in [5.74, 6) is 2.12. The molecular formula is C26H39FN4O2S. The van der Waals surface area contributed by atoms with Crippen LogP contribution in [0, 0.1) is 11.7 Å². The molecule has 2 aromatic rings. The average molecular weight is 491 g/mol. The molecule has 0 amide bonds. The Balaban J connectivity index is 0.000000447. The number of H-pyrrole nitrogens is 1.